The summed E-state index contributed by atoms with van der Waals surface area (Å²) >= 11 is 0. The summed E-state index contributed by atoms with van der Waals surface area (Å²) in [6.07, 6.45) is 2.30. The Morgan fingerprint density at radius 3 is 2.83 bits per heavy atom. The Bertz CT molecular complexity index is 514. The molecule has 18 heavy (non-hydrogen) atoms. The van der Waals surface area contributed by atoms with E-state index in [1.807, 2.05) is 0 Å². The highest BCUT2D eigenvalue weighted by atomic mass is 19.1. The van der Waals surface area contributed by atoms with Crippen molar-refractivity contribution in [3.8, 4) is 0 Å². The number of carbonyl (C=O) groups excluding carboxylic acids is 2. The van der Waals surface area contributed by atoms with E-state index in [4.69, 9.17) is 0 Å². The summed E-state index contributed by atoms with van der Waals surface area (Å²) in [5.41, 5.74) is 0.599. The molecule has 2 amide bonds. The largest absolute Gasteiger partial charge is 0.322 e. The van der Waals surface area contributed by atoms with Crippen LogP contribution in [0.5, 0.6) is 0 Å². The summed E-state index contributed by atoms with van der Waals surface area (Å²) in [6, 6.07) is 4.25. The van der Waals surface area contributed by atoms with Crippen LogP contribution in [0.15, 0.2) is 30.9 Å². The van der Waals surface area contributed by atoms with E-state index in [1.54, 1.807) is 6.07 Å². The third-order valence-corrected chi connectivity index (χ3v) is 2.76. The number of anilines is 2. The Kier molecular flexibility index (Phi) is 3.41. The van der Waals surface area contributed by atoms with Gasteiger partial charge in [-0.15, -0.1) is 0 Å². The first-order valence-corrected chi connectivity index (χ1v) is 5.65. The van der Waals surface area contributed by atoms with Gasteiger partial charge in [0.15, 0.2) is 0 Å². The molecule has 0 spiro atoms. The molecule has 5 heteroatoms. The molecule has 0 aromatic heterocycles. The van der Waals surface area contributed by atoms with E-state index in [9.17, 15) is 14.0 Å². The molecule has 0 unspecified atom stereocenters. The molecule has 1 aromatic rings. The molecule has 4 nitrogen and oxygen atoms in total. The average molecular weight is 248 g/mol. The number of carbonyl (C=O) groups is 2. The summed E-state index contributed by atoms with van der Waals surface area (Å²) in [4.78, 5) is 24.0. The molecule has 0 radical (unpaired) electrons. The van der Waals surface area contributed by atoms with Gasteiger partial charge in [-0.25, -0.2) is 4.39 Å². The van der Waals surface area contributed by atoms with Crippen LogP contribution < -0.4 is 10.2 Å². The normalized spacial score (nSPS) is 14.7. The first kappa shape index (κ1) is 12.3. The zero-order valence-electron chi connectivity index (χ0n) is 9.78. The molecule has 1 aromatic carbocycles. The van der Waals surface area contributed by atoms with Crippen molar-refractivity contribution in [3.05, 3.63) is 36.7 Å². The second-order valence-electron chi connectivity index (χ2n) is 4.01. The molecule has 0 aliphatic carbocycles. The van der Waals surface area contributed by atoms with Crippen molar-refractivity contribution < 1.29 is 14.0 Å². The molecule has 1 aliphatic heterocycles. The van der Waals surface area contributed by atoms with Gasteiger partial charge in [0.1, 0.15) is 5.82 Å². The van der Waals surface area contributed by atoms with E-state index >= 15 is 0 Å². The molecule has 1 heterocycles. The maximum Gasteiger partial charge on any atom is 0.247 e. The standard InChI is InChI=1S/C13H13FN2O2/c1-2-12(17)15-9-5-6-11(10(14)8-9)16-7-3-4-13(16)18/h2,5-6,8H,1,3-4,7H2,(H,15,17). The lowest BCUT2D eigenvalue weighted by atomic mass is 10.2. The van der Waals surface area contributed by atoms with Crippen molar-refractivity contribution >= 4 is 23.2 Å². The molecular weight excluding hydrogens is 235 g/mol. The summed E-state index contributed by atoms with van der Waals surface area (Å²) in [7, 11) is 0. The number of benzene rings is 1. The van der Waals surface area contributed by atoms with Crippen LogP contribution in [-0.4, -0.2) is 18.4 Å². The molecule has 1 aliphatic rings. The Hall–Kier alpha value is -2.17. The molecule has 0 saturated carbocycles. The number of amides is 2. The van der Waals surface area contributed by atoms with Crippen LogP contribution in [0.4, 0.5) is 15.8 Å². The second kappa shape index (κ2) is 5.00. The van der Waals surface area contributed by atoms with Gasteiger partial charge in [0.2, 0.25) is 11.8 Å². The van der Waals surface area contributed by atoms with Gasteiger partial charge in [0, 0.05) is 18.7 Å². The van der Waals surface area contributed by atoms with Crippen molar-refractivity contribution in [2.24, 2.45) is 0 Å². The lowest BCUT2D eigenvalue weighted by Gasteiger charge is -2.17. The molecule has 94 valence electrons. The van der Waals surface area contributed by atoms with Gasteiger partial charge >= 0.3 is 0 Å². The van der Waals surface area contributed by atoms with Gasteiger partial charge in [0.05, 0.1) is 5.69 Å². The lowest BCUT2D eigenvalue weighted by molar-refractivity contribution is -0.117. The summed E-state index contributed by atoms with van der Waals surface area (Å²) in [5, 5.41) is 2.46. The molecule has 0 atom stereocenters. The highest BCUT2D eigenvalue weighted by Crippen LogP contribution is 2.26. The van der Waals surface area contributed by atoms with Crippen molar-refractivity contribution in [1.82, 2.24) is 0 Å². The van der Waals surface area contributed by atoms with E-state index in [-0.39, 0.29) is 11.6 Å². The predicted molar refractivity (Wildman–Crippen MR) is 66.8 cm³/mol. The first-order valence-electron chi connectivity index (χ1n) is 5.65. The minimum absolute atomic E-state index is 0.0724. The number of rotatable bonds is 3. The average Bonchev–Trinajstić information content (AvgIpc) is 2.75. The number of hydrogen-bond acceptors (Lipinski definition) is 2. The zero-order valence-corrected chi connectivity index (χ0v) is 9.78. The number of nitrogens with one attached hydrogen (secondary N) is 1. The summed E-state index contributed by atoms with van der Waals surface area (Å²) in [6.45, 7) is 3.85. The monoisotopic (exact) mass is 248 g/mol. The minimum Gasteiger partial charge on any atom is -0.322 e. The van der Waals surface area contributed by atoms with Crippen LogP contribution in [0.2, 0.25) is 0 Å². The van der Waals surface area contributed by atoms with E-state index < -0.39 is 11.7 Å². The highest BCUT2D eigenvalue weighted by molar-refractivity contribution is 5.99. The first-order chi connectivity index (χ1) is 8.61. The molecule has 1 N–H and O–H groups in total. The number of hydrogen-bond donors (Lipinski definition) is 1. The summed E-state index contributed by atoms with van der Waals surface area (Å²) < 4.78 is 13.9. The van der Waals surface area contributed by atoms with Gasteiger partial charge in [-0.05, 0) is 30.7 Å². The van der Waals surface area contributed by atoms with E-state index in [0.29, 0.717) is 18.7 Å². The smallest absolute Gasteiger partial charge is 0.247 e. The second-order valence-corrected chi connectivity index (χ2v) is 4.01. The number of nitrogens with zero attached hydrogens (tertiary/aromatic N) is 1. The topological polar surface area (TPSA) is 49.4 Å². The molecule has 0 bridgehead atoms. The molecule has 1 fully saturated rings. The Morgan fingerprint density at radius 1 is 1.50 bits per heavy atom. The quantitative estimate of drug-likeness (QED) is 0.832. The van der Waals surface area contributed by atoms with Crippen LogP contribution in [0.1, 0.15) is 12.8 Å². The maximum absolute atomic E-state index is 13.9. The lowest BCUT2D eigenvalue weighted by Crippen LogP contribution is -2.24. The van der Waals surface area contributed by atoms with Crippen LogP contribution >= 0.6 is 0 Å². The maximum atomic E-state index is 13.9. The molecule has 2 rings (SSSR count). The van der Waals surface area contributed by atoms with E-state index in [0.717, 1.165) is 12.5 Å². The zero-order chi connectivity index (χ0) is 13.1. The molecular formula is C13H13FN2O2. The van der Waals surface area contributed by atoms with Crippen LogP contribution in [-0.2, 0) is 9.59 Å². The van der Waals surface area contributed by atoms with Gasteiger partial charge < -0.3 is 10.2 Å². The van der Waals surface area contributed by atoms with Gasteiger partial charge in [0.25, 0.3) is 0 Å². The van der Waals surface area contributed by atoms with Crippen LogP contribution in [0.3, 0.4) is 0 Å². The minimum atomic E-state index is -0.521. The van der Waals surface area contributed by atoms with Crippen molar-refractivity contribution in [2.45, 2.75) is 12.8 Å². The predicted octanol–water partition coefficient (Wildman–Crippen LogP) is 2.08. The Labute approximate surface area is 104 Å². The van der Waals surface area contributed by atoms with E-state index in [2.05, 4.69) is 11.9 Å². The fraction of sp³-hybridized carbons (Fsp3) is 0.231. The SMILES string of the molecule is C=CC(=O)Nc1ccc(N2CCCC2=O)c(F)c1. The van der Waals surface area contributed by atoms with Crippen molar-refractivity contribution in [2.75, 3.05) is 16.8 Å². The third kappa shape index (κ3) is 2.40. The summed E-state index contributed by atoms with van der Waals surface area (Å²) in [5.74, 6) is -0.997. The highest BCUT2D eigenvalue weighted by Gasteiger charge is 2.24. The van der Waals surface area contributed by atoms with E-state index in [1.165, 1.54) is 17.0 Å². The van der Waals surface area contributed by atoms with Crippen LogP contribution in [0, 0.1) is 5.82 Å². The van der Waals surface area contributed by atoms with Crippen molar-refractivity contribution in [1.29, 1.82) is 0 Å². The Balaban J connectivity index is 2.22. The van der Waals surface area contributed by atoms with Gasteiger partial charge in [-0.3, -0.25) is 9.59 Å². The van der Waals surface area contributed by atoms with Crippen LogP contribution in [0.25, 0.3) is 0 Å². The fourth-order valence-electron chi connectivity index (χ4n) is 1.90. The van der Waals surface area contributed by atoms with Crippen molar-refractivity contribution in [3.63, 3.8) is 0 Å². The Morgan fingerprint density at radius 2 is 2.28 bits per heavy atom. The molecule has 1 saturated heterocycles. The van der Waals surface area contributed by atoms with Gasteiger partial charge in [-0.1, -0.05) is 6.58 Å². The van der Waals surface area contributed by atoms with Gasteiger partial charge in [-0.2, -0.15) is 0 Å². The fourth-order valence-corrected chi connectivity index (χ4v) is 1.90. The number of halogens is 1. The third-order valence-electron chi connectivity index (χ3n) is 2.76.